The zero-order valence-corrected chi connectivity index (χ0v) is 3.76. The molecule has 2 aliphatic heterocycles. The molecule has 0 aliphatic carbocycles. The van der Waals surface area contributed by atoms with E-state index in [9.17, 15) is 0 Å². The first-order valence-electron chi connectivity index (χ1n) is 2.22. The molecule has 0 aromatic carbocycles. The van der Waals surface area contributed by atoms with Crippen LogP contribution in [0.1, 0.15) is 0 Å². The van der Waals surface area contributed by atoms with Crippen molar-refractivity contribution < 1.29 is 0 Å². The van der Waals surface area contributed by atoms with Crippen LogP contribution >= 0.6 is 0 Å². The zero-order chi connectivity index (χ0) is 4.69. The Morgan fingerprint density at radius 2 is 2.86 bits per heavy atom. The van der Waals surface area contributed by atoms with E-state index in [0.717, 1.165) is 6.54 Å². The molecule has 0 spiro atoms. The van der Waals surface area contributed by atoms with Crippen LogP contribution in [0.25, 0.3) is 0 Å². The van der Waals surface area contributed by atoms with Gasteiger partial charge in [0.25, 0.3) is 0 Å². The average Bonchev–Trinajstić information content (AvgIpc) is 2.41. The van der Waals surface area contributed by atoms with Crippen molar-refractivity contribution in [2.45, 2.75) is 0 Å². The summed E-state index contributed by atoms with van der Waals surface area (Å²) in [5.41, 5.74) is 1.21. The van der Waals surface area contributed by atoms with Crippen LogP contribution < -0.4 is 0 Å². The first-order valence-corrected chi connectivity index (χ1v) is 2.22. The second-order valence-electron chi connectivity index (χ2n) is 1.61. The van der Waals surface area contributed by atoms with Gasteiger partial charge in [0.15, 0.2) is 0 Å². The highest BCUT2D eigenvalue weighted by Gasteiger charge is 2.23. The van der Waals surface area contributed by atoms with Gasteiger partial charge in [0.2, 0.25) is 0 Å². The summed E-state index contributed by atoms with van der Waals surface area (Å²) >= 11 is 0. The number of aliphatic imine (C=N–C) groups is 1. The number of hydrogen-bond acceptors (Lipinski definition) is 2. The van der Waals surface area contributed by atoms with Gasteiger partial charge in [-0.25, -0.2) is 4.99 Å². The zero-order valence-electron chi connectivity index (χ0n) is 3.76. The highest BCUT2D eigenvalue weighted by atomic mass is 15.3. The van der Waals surface area contributed by atoms with Gasteiger partial charge in [-0.05, 0) is 0 Å². The fraction of sp³-hybridized carbons (Fsp3) is 0.200. The van der Waals surface area contributed by atoms with Crippen molar-refractivity contribution in [2.24, 2.45) is 4.99 Å². The Balaban J connectivity index is 2.57. The minimum atomic E-state index is 1.04. The molecule has 0 atom stereocenters. The molecule has 0 N–H and O–H groups in total. The predicted molar refractivity (Wildman–Crippen MR) is 26.8 cm³/mol. The van der Waals surface area contributed by atoms with Crippen LogP contribution in [0.4, 0.5) is 0 Å². The first-order chi connectivity index (χ1) is 3.47. The summed E-state index contributed by atoms with van der Waals surface area (Å²) in [5.74, 6) is 2.84. The van der Waals surface area contributed by atoms with E-state index < -0.39 is 0 Å². The van der Waals surface area contributed by atoms with Crippen molar-refractivity contribution in [2.75, 3.05) is 6.54 Å². The fourth-order valence-electron chi connectivity index (χ4n) is 0.594. The van der Waals surface area contributed by atoms with Crippen molar-refractivity contribution in [1.29, 1.82) is 0 Å². The van der Waals surface area contributed by atoms with Crippen molar-refractivity contribution in [3.8, 4) is 0 Å². The second-order valence-corrected chi connectivity index (χ2v) is 1.61. The minimum Gasteiger partial charge on any atom is -0.334 e. The number of hydrogen-bond donors (Lipinski definition) is 0. The molecule has 0 unspecified atom stereocenters. The molecule has 2 nitrogen and oxygen atoms in total. The molecule has 0 aromatic rings. The van der Waals surface area contributed by atoms with Gasteiger partial charge in [0, 0.05) is 12.1 Å². The number of nitrogens with zero attached hydrogens (tertiary/aromatic N) is 2. The van der Waals surface area contributed by atoms with Gasteiger partial charge in [-0.3, -0.25) is 0 Å². The van der Waals surface area contributed by atoms with Crippen LogP contribution in [-0.2, 0) is 0 Å². The number of fused-ring (bicyclic) bond motifs is 1. The standard InChI is InChI=1S/C5H4N2/c1-2-7-4-5(7)3-6-1/h1-2H,4H2. The summed E-state index contributed by atoms with van der Waals surface area (Å²) < 4.78 is 0. The molecule has 1 saturated heterocycles. The molecular weight excluding hydrogens is 88.1 g/mol. The van der Waals surface area contributed by atoms with Gasteiger partial charge >= 0.3 is 0 Å². The Labute approximate surface area is 41.5 Å². The van der Waals surface area contributed by atoms with Gasteiger partial charge < -0.3 is 4.90 Å². The van der Waals surface area contributed by atoms with E-state index in [1.165, 1.54) is 5.70 Å². The quantitative estimate of drug-likeness (QED) is 0.393. The third-order valence-electron chi connectivity index (χ3n) is 1.08. The van der Waals surface area contributed by atoms with Crippen LogP contribution in [0.3, 0.4) is 0 Å². The summed E-state index contributed by atoms with van der Waals surface area (Å²) in [6, 6.07) is 0. The summed E-state index contributed by atoms with van der Waals surface area (Å²) in [6.45, 7) is 1.04. The Morgan fingerprint density at radius 3 is 3.43 bits per heavy atom. The molecule has 34 valence electrons. The molecule has 2 aliphatic rings. The molecule has 1 fully saturated rings. The topological polar surface area (TPSA) is 15.4 Å². The smallest absolute Gasteiger partial charge is 0.101 e. The third kappa shape index (κ3) is 0.310. The van der Waals surface area contributed by atoms with Gasteiger partial charge in [-0.15, -0.1) is 0 Å². The highest BCUT2D eigenvalue weighted by molar-refractivity contribution is 5.65. The Kier molecular flexibility index (Phi) is 0.347. The van der Waals surface area contributed by atoms with E-state index in [2.05, 4.69) is 15.8 Å². The molecule has 0 aromatic heterocycles. The van der Waals surface area contributed by atoms with Crippen molar-refractivity contribution in [3.05, 3.63) is 18.1 Å². The van der Waals surface area contributed by atoms with Crippen LogP contribution in [-0.4, -0.2) is 17.3 Å². The van der Waals surface area contributed by atoms with Crippen LogP contribution in [0.5, 0.6) is 0 Å². The second kappa shape index (κ2) is 0.796. The lowest BCUT2D eigenvalue weighted by Gasteiger charge is -1.85. The van der Waals surface area contributed by atoms with Gasteiger partial charge in [-0.2, -0.15) is 0 Å². The van der Waals surface area contributed by atoms with E-state index in [-0.39, 0.29) is 0 Å². The minimum absolute atomic E-state index is 1.04. The van der Waals surface area contributed by atoms with Crippen molar-refractivity contribution in [3.63, 3.8) is 0 Å². The normalized spacial score (nSPS) is 21.7. The molecule has 0 bridgehead atoms. The summed E-state index contributed by atoms with van der Waals surface area (Å²) in [5, 5.41) is 0. The molecule has 0 radical (unpaired) electrons. The van der Waals surface area contributed by atoms with Crippen LogP contribution in [0.2, 0.25) is 0 Å². The average molecular weight is 92.1 g/mol. The number of rotatable bonds is 0. The van der Waals surface area contributed by atoms with E-state index in [0.29, 0.717) is 0 Å². The summed E-state index contributed by atoms with van der Waals surface area (Å²) in [6.07, 6.45) is 3.70. The monoisotopic (exact) mass is 92.0 g/mol. The molecule has 7 heavy (non-hydrogen) atoms. The lowest BCUT2D eigenvalue weighted by Crippen LogP contribution is -1.79. The maximum atomic E-state index is 3.79. The molecule has 2 heterocycles. The lowest BCUT2D eigenvalue weighted by atomic mass is 10.7. The Hall–Kier alpha value is -1.01. The maximum absolute atomic E-state index is 3.79. The van der Waals surface area contributed by atoms with Gasteiger partial charge in [0.05, 0.1) is 12.7 Å². The molecule has 2 heteroatoms. The van der Waals surface area contributed by atoms with Gasteiger partial charge in [-0.1, -0.05) is 0 Å². The Bertz CT molecular complexity index is 184. The van der Waals surface area contributed by atoms with Crippen molar-refractivity contribution in [1.82, 2.24) is 4.90 Å². The van der Waals surface area contributed by atoms with E-state index in [4.69, 9.17) is 0 Å². The van der Waals surface area contributed by atoms with E-state index in [1.807, 2.05) is 6.20 Å². The Morgan fingerprint density at radius 1 is 1.86 bits per heavy atom. The molecular formula is C5H4N2. The van der Waals surface area contributed by atoms with E-state index >= 15 is 0 Å². The van der Waals surface area contributed by atoms with Crippen molar-refractivity contribution >= 4 is 5.87 Å². The summed E-state index contributed by atoms with van der Waals surface area (Å²) in [7, 11) is 0. The lowest BCUT2D eigenvalue weighted by molar-refractivity contribution is 0.802. The van der Waals surface area contributed by atoms with Gasteiger partial charge in [0.1, 0.15) is 5.70 Å². The first kappa shape index (κ1) is 3.05. The fourth-order valence-corrected chi connectivity index (χ4v) is 0.594. The SMILES string of the molecule is C1=NC=CN2CC=12. The molecule has 0 saturated carbocycles. The van der Waals surface area contributed by atoms with Crippen LogP contribution in [0, 0.1) is 0 Å². The van der Waals surface area contributed by atoms with Crippen LogP contribution in [0.15, 0.2) is 23.1 Å². The predicted octanol–water partition coefficient (Wildman–Crippen LogP) is 0.340. The largest absolute Gasteiger partial charge is 0.334 e. The third-order valence-corrected chi connectivity index (χ3v) is 1.08. The molecule has 0 amide bonds. The highest BCUT2D eigenvalue weighted by Crippen LogP contribution is 2.20. The molecule has 2 rings (SSSR count). The summed E-state index contributed by atoms with van der Waals surface area (Å²) in [4.78, 5) is 5.88. The van der Waals surface area contributed by atoms with E-state index in [1.54, 1.807) is 6.20 Å². The maximum Gasteiger partial charge on any atom is 0.101 e.